The van der Waals surface area contributed by atoms with E-state index < -0.39 is 26.9 Å². The highest BCUT2D eigenvalue weighted by Crippen LogP contribution is 2.50. The van der Waals surface area contributed by atoms with Crippen molar-refractivity contribution in [3.63, 3.8) is 0 Å². The van der Waals surface area contributed by atoms with Crippen molar-refractivity contribution in [3.8, 4) is 22.6 Å². The van der Waals surface area contributed by atoms with Crippen molar-refractivity contribution in [1.82, 2.24) is 30.4 Å². The molecular formula is C31H40F2N6O2S. The lowest BCUT2D eigenvalue weighted by Gasteiger charge is -2.42. The molecule has 0 saturated heterocycles. The first kappa shape index (κ1) is 32.9. The number of pyridine rings is 1. The quantitative estimate of drug-likeness (QED) is 0.258. The first-order valence-electron chi connectivity index (χ1n) is 14.4. The summed E-state index contributed by atoms with van der Waals surface area (Å²) < 4.78 is 55.1. The molecule has 0 saturated carbocycles. The van der Waals surface area contributed by atoms with E-state index in [0.29, 0.717) is 23.6 Å². The molecule has 0 aliphatic heterocycles. The van der Waals surface area contributed by atoms with Gasteiger partial charge in [-0.3, -0.25) is 5.10 Å². The Kier molecular flexibility index (Phi) is 10.3. The lowest BCUT2D eigenvalue weighted by atomic mass is 9.62. The van der Waals surface area contributed by atoms with Crippen molar-refractivity contribution < 1.29 is 17.2 Å². The van der Waals surface area contributed by atoms with Gasteiger partial charge in [0.2, 0.25) is 0 Å². The van der Waals surface area contributed by atoms with E-state index in [1.807, 2.05) is 54.5 Å². The monoisotopic (exact) mass is 598 g/mol. The molecule has 4 aromatic rings. The summed E-state index contributed by atoms with van der Waals surface area (Å²) >= 11 is 0. The topological polar surface area (TPSA) is 114 Å². The Morgan fingerprint density at radius 2 is 1.64 bits per heavy atom. The number of fused-ring (bicyclic) bond motifs is 1. The van der Waals surface area contributed by atoms with Gasteiger partial charge < -0.3 is 0 Å². The number of H-pyrrole nitrogens is 1. The molecule has 5 rings (SSSR count). The Bertz CT molecular complexity index is 1630. The fraction of sp³-hybridized carbons (Fsp3) is 0.452. The van der Waals surface area contributed by atoms with Gasteiger partial charge in [-0.25, -0.2) is 27.2 Å². The molecule has 42 heavy (non-hydrogen) atoms. The fourth-order valence-electron chi connectivity index (χ4n) is 5.36. The van der Waals surface area contributed by atoms with Crippen LogP contribution in [0.3, 0.4) is 0 Å². The lowest BCUT2D eigenvalue weighted by Crippen LogP contribution is -2.40. The summed E-state index contributed by atoms with van der Waals surface area (Å²) in [5.74, 6) is -0.817. The second kappa shape index (κ2) is 13.1. The number of benzene rings is 1. The fourth-order valence-corrected chi connectivity index (χ4v) is 5.95. The first-order chi connectivity index (χ1) is 19.9. The summed E-state index contributed by atoms with van der Waals surface area (Å²) in [4.78, 5) is 8.69. The molecule has 0 spiro atoms. The van der Waals surface area contributed by atoms with Gasteiger partial charge >= 0.3 is 0 Å². The SMILES string of the molecule is CC.CC.Cc1nc(-c2cc(F)c(-c3cc4c(nn3)C(c3cccc(S(C)(=O)=O)n3)(C(C)C)CC[C@@H]4C)c(F)c2)n[nH]1. The van der Waals surface area contributed by atoms with Gasteiger partial charge in [-0.15, -0.1) is 5.10 Å². The molecule has 11 heteroatoms. The van der Waals surface area contributed by atoms with Crippen LogP contribution in [0.2, 0.25) is 0 Å². The number of nitrogens with one attached hydrogen (secondary N) is 1. The van der Waals surface area contributed by atoms with Gasteiger partial charge in [0.05, 0.1) is 28.1 Å². The highest BCUT2D eigenvalue weighted by Gasteiger charge is 2.46. The molecular weight excluding hydrogens is 558 g/mol. The zero-order chi connectivity index (χ0) is 31.4. The number of aromatic amines is 1. The van der Waals surface area contributed by atoms with Crippen molar-refractivity contribution in [1.29, 1.82) is 0 Å². The highest BCUT2D eigenvalue weighted by atomic mass is 32.2. The summed E-state index contributed by atoms with van der Waals surface area (Å²) in [6.07, 6.45) is 2.57. The maximum Gasteiger partial charge on any atom is 0.192 e. The van der Waals surface area contributed by atoms with Crippen molar-refractivity contribution in [2.45, 2.75) is 84.6 Å². The van der Waals surface area contributed by atoms with E-state index in [-0.39, 0.29) is 39.5 Å². The predicted octanol–water partition coefficient (Wildman–Crippen LogP) is 7.21. The van der Waals surface area contributed by atoms with Gasteiger partial charge in [0, 0.05) is 11.8 Å². The lowest BCUT2D eigenvalue weighted by molar-refractivity contribution is 0.285. The number of aromatic nitrogens is 6. The normalized spacial score (nSPS) is 18.0. The third-order valence-electron chi connectivity index (χ3n) is 7.45. The van der Waals surface area contributed by atoms with Crippen LogP contribution >= 0.6 is 0 Å². The molecule has 0 fully saturated rings. The molecule has 0 amide bonds. The van der Waals surface area contributed by atoms with Gasteiger partial charge in [0.1, 0.15) is 17.5 Å². The molecule has 1 unspecified atom stereocenters. The van der Waals surface area contributed by atoms with E-state index >= 15 is 8.78 Å². The Morgan fingerprint density at radius 1 is 1.00 bits per heavy atom. The summed E-state index contributed by atoms with van der Waals surface area (Å²) in [6, 6.07) is 9.04. The third kappa shape index (κ3) is 6.11. The van der Waals surface area contributed by atoms with Crippen LogP contribution in [0.15, 0.2) is 41.4 Å². The molecule has 1 N–H and O–H groups in total. The van der Waals surface area contributed by atoms with Crippen LogP contribution < -0.4 is 0 Å². The molecule has 3 heterocycles. The van der Waals surface area contributed by atoms with E-state index in [0.717, 1.165) is 18.2 Å². The molecule has 0 radical (unpaired) electrons. The summed E-state index contributed by atoms with van der Waals surface area (Å²) in [7, 11) is -3.52. The number of halogens is 2. The van der Waals surface area contributed by atoms with E-state index in [1.165, 1.54) is 18.2 Å². The standard InChI is InChI=1S/C27H28F2N6O2S.2C2H6/c1-14(2)27(22-7-6-8-23(31-22)38(5,36)37)10-9-15(3)18-13-21(33-34-25(18)27)24-19(28)11-17(12-20(24)29)26-30-16(4)32-35-26;2*1-2/h6-8,11-15H,9-10H2,1-5H3,(H,30,32,35);2*1-2H3/t15-,27?;;/m0../s1. The van der Waals surface area contributed by atoms with E-state index in [9.17, 15) is 8.42 Å². The second-order valence-electron chi connectivity index (χ2n) is 10.3. The highest BCUT2D eigenvalue weighted by molar-refractivity contribution is 7.90. The molecule has 1 aliphatic rings. The second-order valence-corrected chi connectivity index (χ2v) is 12.3. The zero-order valence-corrected chi connectivity index (χ0v) is 26.6. The number of hydrogen-bond acceptors (Lipinski definition) is 7. The zero-order valence-electron chi connectivity index (χ0n) is 25.7. The van der Waals surface area contributed by atoms with E-state index in [2.05, 4.69) is 30.4 Å². The maximum absolute atomic E-state index is 15.3. The summed E-state index contributed by atoms with van der Waals surface area (Å²) in [5.41, 5.74) is 1.37. The predicted molar refractivity (Wildman–Crippen MR) is 161 cm³/mol. The van der Waals surface area contributed by atoms with Crippen LogP contribution in [-0.2, 0) is 15.3 Å². The molecule has 3 aromatic heterocycles. The molecule has 0 bridgehead atoms. The minimum atomic E-state index is -3.52. The number of sulfone groups is 1. The largest absolute Gasteiger partial charge is 0.263 e. The Hall–Kier alpha value is -3.60. The van der Waals surface area contributed by atoms with Crippen LogP contribution in [-0.4, -0.2) is 45.0 Å². The van der Waals surface area contributed by atoms with Crippen molar-refractivity contribution in [3.05, 3.63) is 70.8 Å². The maximum atomic E-state index is 15.3. The average molecular weight is 599 g/mol. The van der Waals surface area contributed by atoms with Crippen LogP contribution in [0.1, 0.15) is 90.0 Å². The molecule has 2 atom stereocenters. The van der Waals surface area contributed by atoms with Gasteiger partial charge in [0.25, 0.3) is 0 Å². The van der Waals surface area contributed by atoms with Gasteiger partial charge in [-0.2, -0.15) is 10.2 Å². The van der Waals surface area contributed by atoms with Gasteiger partial charge in [-0.05, 0) is 67.5 Å². The summed E-state index contributed by atoms with van der Waals surface area (Å²) in [6.45, 7) is 15.8. The number of hydrogen-bond donors (Lipinski definition) is 1. The third-order valence-corrected chi connectivity index (χ3v) is 8.44. The number of nitrogens with zero attached hydrogens (tertiary/aromatic N) is 5. The van der Waals surface area contributed by atoms with E-state index in [4.69, 9.17) is 0 Å². The number of rotatable bonds is 5. The van der Waals surface area contributed by atoms with Gasteiger partial charge in [-0.1, -0.05) is 54.5 Å². The smallest absolute Gasteiger partial charge is 0.192 e. The number of aryl methyl sites for hydroxylation is 1. The molecule has 1 aromatic carbocycles. The van der Waals surface area contributed by atoms with Crippen LogP contribution in [0, 0.1) is 24.5 Å². The molecule has 1 aliphatic carbocycles. The van der Waals surface area contributed by atoms with Crippen LogP contribution in [0.5, 0.6) is 0 Å². The van der Waals surface area contributed by atoms with Crippen molar-refractivity contribution >= 4 is 9.84 Å². The van der Waals surface area contributed by atoms with Crippen LogP contribution in [0.25, 0.3) is 22.6 Å². The van der Waals surface area contributed by atoms with Crippen molar-refractivity contribution in [2.24, 2.45) is 5.92 Å². The Balaban J connectivity index is 0.00000116. The van der Waals surface area contributed by atoms with E-state index in [1.54, 1.807) is 19.1 Å². The minimum Gasteiger partial charge on any atom is -0.263 e. The summed E-state index contributed by atoms with van der Waals surface area (Å²) in [5, 5.41) is 15.5. The Labute approximate surface area is 247 Å². The van der Waals surface area contributed by atoms with Gasteiger partial charge in [0.15, 0.2) is 20.7 Å². The first-order valence-corrected chi connectivity index (χ1v) is 16.3. The molecule has 8 nitrogen and oxygen atoms in total. The molecule has 226 valence electrons. The minimum absolute atomic E-state index is 0.00577. The Morgan fingerprint density at radius 3 is 2.19 bits per heavy atom. The van der Waals surface area contributed by atoms with Crippen LogP contribution in [0.4, 0.5) is 8.78 Å². The van der Waals surface area contributed by atoms with Crippen molar-refractivity contribution in [2.75, 3.05) is 6.26 Å². The average Bonchev–Trinajstić information content (AvgIpc) is 3.41.